The molecule has 0 fully saturated rings. The van der Waals surface area contributed by atoms with Crippen molar-refractivity contribution in [2.24, 2.45) is 0 Å². The van der Waals surface area contributed by atoms with Crippen LogP contribution in [0.2, 0.25) is 0 Å². The van der Waals surface area contributed by atoms with Gasteiger partial charge in [0.15, 0.2) is 0 Å². The zero-order valence-electron chi connectivity index (χ0n) is 13.8. The maximum Gasteiger partial charge on any atom is 0.315 e. The summed E-state index contributed by atoms with van der Waals surface area (Å²) in [5.41, 5.74) is 3.22. The molecule has 1 heterocycles. The second kappa shape index (κ2) is 8.13. The van der Waals surface area contributed by atoms with E-state index < -0.39 is 0 Å². The fourth-order valence-electron chi connectivity index (χ4n) is 2.54. The van der Waals surface area contributed by atoms with Crippen molar-refractivity contribution >= 4 is 17.4 Å². The average Bonchev–Trinajstić information content (AvgIpc) is 2.86. The van der Waals surface area contributed by atoms with Gasteiger partial charge < -0.3 is 15.7 Å². The van der Waals surface area contributed by atoms with Crippen molar-refractivity contribution in [3.05, 3.63) is 56.8 Å². The van der Waals surface area contributed by atoms with Gasteiger partial charge >= 0.3 is 6.03 Å². The van der Waals surface area contributed by atoms with E-state index in [2.05, 4.69) is 30.5 Å². The number of carbonyl (C=O) groups is 1. The minimum atomic E-state index is -0.146. The van der Waals surface area contributed by atoms with Gasteiger partial charge in [-0.05, 0) is 49.9 Å². The molecule has 1 aromatic heterocycles. The lowest BCUT2D eigenvalue weighted by molar-refractivity contribution is 0.238. The Morgan fingerprint density at radius 3 is 2.43 bits per heavy atom. The molecule has 3 N–H and O–H groups in total. The Kier molecular flexibility index (Phi) is 6.19. The highest BCUT2D eigenvalue weighted by atomic mass is 32.1. The van der Waals surface area contributed by atoms with E-state index in [0.717, 1.165) is 17.5 Å². The fraction of sp³-hybridized carbons (Fsp3) is 0.389. The van der Waals surface area contributed by atoms with Crippen LogP contribution in [0.1, 0.15) is 39.4 Å². The molecule has 124 valence electrons. The van der Waals surface area contributed by atoms with E-state index in [1.165, 1.54) is 15.3 Å². The van der Waals surface area contributed by atoms with Crippen molar-refractivity contribution in [2.45, 2.75) is 39.8 Å². The molecule has 0 radical (unpaired) electrons. The van der Waals surface area contributed by atoms with Gasteiger partial charge in [-0.3, -0.25) is 0 Å². The number of aryl methyl sites for hydroxylation is 2. The number of aliphatic hydroxyl groups excluding tert-OH is 1. The van der Waals surface area contributed by atoms with Gasteiger partial charge in [0, 0.05) is 16.3 Å². The van der Waals surface area contributed by atoms with Crippen molar-refractivity contribution in [2.75, 3.05) is 6.54 Å². The van der Waals surface area contributed by atoms with Gasteiger partial charge in [0.2, 0.25) is 0 Å². The van der Waals surface area contributed by atoms with Gasteiger partial charge in [-0.2, -0.15) is 0 Å². The monoisotopic (exact) mass is 332 g/mol. The molecule has 23 heavy (non-hydrogen) atoms. The standard InChI is InChI=1S/C18H24N2O2S/c1-12-10-17(14(3)23-12)13(2)20-18(22)19-9-8-15-4-6-16(11-21)7-5-15/h4-7,10,13,21H,8-9,11H2,1-3H3,(H2,19,20,22). The van der Waals surface area contributed by atoms with Gasteiger partial charge in [0.1, 0.15) is 0 Å². The summed E-state index contributed by atoms with van der Waals surface area (Å²) >= 11 is 1.75. The van der Waals surface area contributed by atoms with Gasteiger partial charge in [-0.25, -0.2) is 4.79 Å². The predicted molar refractivity (Wildman–Crippen MR) is 94.8 cm³/mol. The van der Waals surface area contributed by atoms with Crippen LogP contribution in [-0.2, 0) is 13.0 Å². The third kappa shape index (κ3) is 5.08. The number of hydrogen-bond donors (Lipinski definition) is 3. The number of amides is 2. The summed E-state index contributed by atoms with van der Waals surface area (Å²) in [7, 11) is 0. The van der Waals surface area contributed by atoms with Crippen LogP contribution in [0.5, 0.6) is 0 Å². The number of carbonyl (C=O) groups excluding carboxylic acids is 1. The third-order valence-electron chi connectivity index (χ3n) is 3.80. The first-order valence-electron chi connectivity index (χ1n) is 7.79. The van der Waals surface area contributed by atoms with E-state index >= 15 is 0 Å². The lowest BCUT2D eigenvalue weighted by Gasteiger charge is -2.15. The Bertz CT molecular complexity index is 650. The molecule has 0 aliphatic rings. The zero-order valence-corrected chi connectivity index (χ0v) is 14.7. The molecule has 0 saturated carbocycles. The van der Waals surface area contributed by atoms with E-state index in [0.29, 0.717) is 6.54 Å². The molecule has 1 atom stereocenters. The highest BCUT2D eigenvalue weighted by Crippen LogP contribution is 2.25. The molecule has 2 aromatic rings. The van der Waals surface area contributed by atoms with Crippen molar-refractivity contribution in [1.82, 2.24) is 10.6 Å². The van der Waals surface area contributed by atoms with Crippen LogP contribution in [0.15, 0.2) is 30.3 Å². The van der Waals surface area contributed by atoms with Gasteiger partial charge in [0.25, 0.3) is 0 Å². The Hall–Kier alpha value is -1.85. The normalized spacial score (nSPS) is 12.0. The van der Waals surface area contributed by atoms with Crippen LogP contribution in [-0.4, -0.2) is 17.7 Å². The Labute approximate surface area is 141 Å². The maximum absolute atomic E-state index is 12.0. The molecule has 2 rings (SSSR count). The first-order chi connectivity index (χ1) is 11.0. The van der Waals surface area contributed by atoms with Crippen LogP contribution in [0.3, 0.4) is 0 Å². The molecule has 2 amide bonds. The maximum atomic E-state index is 12.0. The largest absolute Gasteiger partial charge is 0.392 e. The number of urea groups is 1. The Morgan fingerprint density at radius 2 is 1.87 bits per heavy atom. The minimum Gasteiger partial charge on any atom is -0.392 e. The molecule has 0 aliphatic carbocycles. The molecule has 0 spiro atoms. The predicted octanol–water partition coefficient (Wildman–Crippen LogP) is 3.46. The summed E-state index contributed by atoms with van der Waals surface area (Å²) in [4.78, 5) is 14.5. The summed E-state index contributed by atoms with van der Waals surface area (Å²) in [5.74, 6) is 0. The summed E-state index contributed by atoms with van der Waals surface area (Å²) in [6.07, 6.45) is 0.768. The molecular formula is C18H24N2O2S. The van der Waals surface area contributed by atoms with Crippen molar-refractivity contribution in [1.29, 1.82) is 0 Å². The van der Waals surface area contributed by atoms with E-state index in [9.17, 15) is 4.79 Å². The number of aliphatic hydroxyl groups is 1. The lowest BCUT2D eigenvalue weighted by Crippen LogP contribution is -2.38. The minimum absolute atomic E-state index is 0.00351. The number of hydrogen-bond acceptors (Lipinski definition) is 3. The van der Waals surface area contributed by atoms with Crippen LogP contribution in [0.4, 0.5) is 4.79 Å². The van der Waals surface area contributed by atoms with Crippen LogP contribution < -0.4 is 10.6 Å². The average molecular weight is 332 g/mol. The van der Waals surface area contributed by atoms with E-state index in [1.54, 1.807) is 11.3 Å². The second-order valence-electron chi connectivity index (χ2n) is 5.72. The Morgan fingerprint density at radius 1 is 1.22 bits per heavy atom. The molecular weight excluding hydrogens is 308 g/mol. The summed E-state index contributed by atoms with van der Waals surface area (Å²) in [6.45, 7) is 6.80. The molecule has 1 aromatic carbocycles. The second-order valence-corrected chi connectivity index (χ2v) is 7.18. The zero-order chi connectivity index (χ0) is 16.8. The lowest BCUT2D eigenvalue weighted by atomic mass is 10.1. The summed E-state index contributed by atoms with van der Waals surface area (Å²) in [6, 6.07) is 9.75. The van der Waals surface area contributed by atoms with Crippen molar-refractivity contribution in [3.8, 4) is 0 Å². The van der Waals surface area contributed by atoms with E-state index in [4.69, 9.17) is 5.11 Å². The third-order valence-corrected chi connectivity index (χ3v) is 4.78. The van der Waals surface area contributed by atoms with Gasteiger partial charge in [0.05, 0.1) is 12.6 Å². The van der Waals surface area contributed by atoms with Gasteiger partial charge in [-0.1, -0.05) is 24.3 Å². The quantitative estimate of drug-likeness (QED) is 0.758. The highest BCUT2D eigenvalue weighted by Gasteiger charge is 2.13. The first-order valence-corrected chi connectivity index (χ1v) is 8.61. The van der Waals surface area contributed by atoms with Crippen LogP contribution >= 0.6 is 11.3 Å². The van der Waals surface area contributed by atoms with Crippen LogP contribution in [0, 0.1) is 13.8 Å². The SMILES string of the molecule is Cc1cc(C(C)NC(=O)NCCc2ccc(CO)cc2)c(C)s1. The summed E-state index contributed by atoms with van der Waals surface area (Å²) in [5, 5.41) is 14.9. The van der Waals surface area contributed by atoms with Gasteiger partial charge in [-0.15, -0.1) is 11.3 Å². The highest BCUT2D eigenvalue weighted by molar-refractivity contribution is 7.12. The number of nitrogens with one attached hydrogen (secondary N) is 2. The summed E-state index contributed by atoms with van der Waals surface area (Å²) < 4.78 is 0. The molecule has 0 bridgehead atoms. The number of rotatable bonds is 6. The Balaban J connectivity index is 1.77. The van der Waals surface area contributed by atoms with Crippen LogP contribution in [0.25, 0.3) is 0 Å². The number of benzene rings is 1. The van der Waals surface area contributed by atoms with Crippen molar-refractivity contribution in [3.63, 3.8) is 0 Å². The number of thiophene rings is 1. The fourth-order valence-corrected chi connectivity index (χ4v) is 3.56. The van der Waals surface area contributed by atoms with E-state index in [1.807, 2.05) is 31.2 Å². The molecule has 4 nitrogen and oxygen atoms in total. The molecule has 5 heteroatoms. The van der Waals surface area contributed by atoms with Crippen molar-refractivity contribution < 1.29 is 9.90 Å². The first kappa shape index (κ1) is 17.5. The smallest absolute Gasteiger partial charge is 0.315 e. The van der Waals surface area contributed by atoms with E-state index in [-0.39, 0.29) is 18.7 Å². The molecule has 0 aliphatic heterocycles. The topological polar surface area (TPSA) is 61.4 Å². The molecule has 1 unspecified atom stereocenters. The molecule has 0 saturated heterocycles.